The second-order valence-corrected chi connectivity index (χ2v) is 6.70. The number of benzene rings is 1. The molecule has 0 saturated carbocycles. The second kappa shape index (κ2) is 8.27. The lowest BCUT2D eigenvalue weighted by Crippen LogP contribution is -2.40. The smallest absolute Gasteiger partial charge is 0.252 e. The van der Waals surface area contributed by atoms with Crippen LogP contribution in [0.15, 0.2) is 36.5 Å². The SMILES string of the molecule is COC[C@@H](Cc1ccccc1)NC[C@@H]1CCn2ncc(C(N)=O)c2C1. The van der Waals surface area contributed by atoms with E-state index in [2.05, 4.69) is 34.7 Å². The van der Waals surface area contributed by atoms with Crippen molar-refractivity contribution in [1.82, 2.24) is 15.1 Å². The number of ether oxygens (including phenoxy) is 1. The first-order valence-corrected chi connectivity index (χ1v) is 8.78. The summed E-state index contributed by atoms with van der Waals surface area (Å²) in [7, 11) is 1.73. The summed E-state index contributed by atoms with van der Waals surface area (Å²) in [5, 5.41) is 7.91. The van der Waals surface area contributed by atoms with Crippen LogP contribution in [-0.4, -0.2) is 42.0 Å². The molecule has 3 rings (SSSR count). The Morgan fingerprint density at radius 3 is 2.96 bits per heavy atom. The van der Waals surface area contributed by atoms with Crippen LogP contribution in [-0.2, 0) is 24.1 Å². The average molecular weight is 342 g/mol. The molecule has 1 aromatic carbocycles. The highest BCUT2D eigenvalue weighted by atomic mass is 16.5. The normalized spacial score (nSPS) is 17.9. The van der Waals surface area contributed by atoms with Gasteiger partial charge in [0.05, 0.1) is 24.1 Å². The molecule has 2 heterocycles. The molecular formula is C19H26N4O2. The summed E-state index contributed by atoms with van der Waals surface area (Å²) in [6.45, 7) is 2.40. The van der Waals surface area contributed by atoms with Gasteiger partial charge >= 0.3 is 0 Å². The summed E-state index contributed by atoms with van der Waals surface area (Å²) in [4.78, 5) is 11.5. The average Bonchev–Trinajstić information content (AvgIpc) is 3.04. The first kappa shape index (κ1) is 17.6. The molecular weight excluding hydrogens is 316 g/mol. The van der Waals surface area contributed by atoms with E-state index in [1.54, 1.807) is 13.3 Å². The lowest BCUT2D eigenvalue weighted by atomic mass is 9.93. The molecule has 6 heteroatoms. The van der Waals surface area contributed by atoms with Crippen molar-refractivity contribution in [3.8, 4) is 0 Å². The minimum absolute atomic E-state index is 0.273. The largest absolute Gasteiger partial charge is 0.383 e. The summed E-state index contributed by atoms with van der Waals surface area (Å²) in [6.07, 6.45) is 4.41. The zero-order valence-corrected chi connectivity index (χ0v) is 14.6. The Hall–Kier alpha value is -2.18. The Labute approximate surface area is 148 Å². The van der Waals surface area contributed by atoms with Crippen LogP contribution in [0.3, 0.4) is 0 Å². The van der Waals surface area contributed by atoms with Gasteiger partial charge < -0.3 is 15.8 Å². The summed E-state index contributed by atoms with van der Waals surface area (Å²) in [6, 6.07) is 10.7. The first-order valence-electron chi connectivity index (χ1n) is 8.78. The number of carbonyl (C=O) groups is 1. The van der Waals surface area contributed by atoms with E-state index in [0.717, 1.165) is 38.0 Å². The summed E-state index contributed by atoms with van der Waals surface area (Å²) in [5.74, 6) is 0.0774. The van der Waals surface area contributed by atoms with E-state index in [4.69, 9.17) is 10.5 Å². The lowest BCUT2D eigenvalue weighted by Gasteiger charge is -2.27. The molecule has 2 atom stereocenters. The van der Waals surface area contributed by atoms with Crippen LogP contribution in [0, 0.1) is 5.92 Å². The zero-order valence-electron chi connectivity index (χ0n) is 14.6. The van der Waals surface area contributed by atoms with Gasteiger partial charge in [0.2, 0.25) is 0 Å². The van der Waals surface area contributed by atoms with Crippen molar-refractivity contribution in [3.63, 3.8) is 0 Å². The van der Waals surface area contributed by atoms with Crippen molar-refractivity contribution >= 4 is 5.91 Å². The van der Waals surface area contributed by atoms with Gasteiger partial charge in [0.1, 0.15) is 0 Å². The highest BCUT2D eigenvalue weighted by molar-refractivity contribution is 5.93. The standard InChI is InChI=1S/C19H26N4O2/c1-25-13-16(9-14-5-3-2-4-6-14)21-11-15-7-8-23-18(10-15)17(12-22-23)19(20)24/h2-6,12,15-16,21H,7-11,13H2,1H3,(H2,20,24)/t15-,16-/m1/s1. The van der Waals surface area contributed by atoms with Gasteiger partial charge in [-0.25, -0.2) is 0 Å². The van der Waals surface area contributed by atoms with Gasteiger partial charge in [-0.15, -0.1) is 0 Å². The molecule has 0 bridgehead atoms. The second-order valence-electron chi connectivity index (χ2n) is 6.70. The molecule has 1 amide bonds. The molecule has 2 aromatic rings. The fourth-order valence-corrected chi connectivity index (χ4v) is 3.50. The molecule has 1 aromatic heterocycles. The van der Waals surface area contributed by atoms with E-state index >= 15 is 0 Å². The third-order valence-corrected chi connectivity index (χ3v) is 4.83. The molecule has 0 fully saturated rings. The Morgan fingerprint density at radius 2 is 2.24 bits per heavy atom. The number of hydrogen-bond donors (Lipinski definition) is 2. The third-order valence-electron chi connectivity index (χ3n) is 4.83. The van der Waals surface area contributed by atoms with Crippen LogP contribution in [0.5, 0.6) is 0 Å². The van der Waals surface area contributed by atoms with Crippen molar-refractivity contribution in [2.45, 2.75) is 31.8 Å². The molecule has 0 saturated heterocycles. The number of hydrogen-bond acceptors (Lipinski definition) is 4. The monoisotopic (exact) mass is 342 g/mol. The number of carbonyl (C=O) groups excluding carboxylic acids is 1. The maximum atomic E-state index is 11.5. The Bertz CT molecular complexity index is 699. The number of primary amides is 1. The Balaban J connectivity index is 1.58. The molecule has 134 valence electrons. The molecule has 1 aliphatic heterocycles. The molecule has 0 spiro atoms. The molecule has 25 heavy (non-hydrogen) atoms. The minimum atomic E-state index is -0.392. The predicted molar refractivity (Wildman–Crippen MR) is 96.4 cm³/mol. The van der Waals surface area contributed by atoms with Crippen LogP contribution < -0.4 is 11.1 Å². The van der Waals surface area contributed by atoms with Gasteiger partial charge in [-0.3, -0.25) is 9.48 Å². The van der Waals surface area contributed by atoms with Crippen LogP contribution >= 0.6 is 0 Å². The molecule has 3 N–H and O–H groups in total. The quantitative estimate of drug-likeness (QED) is 0.759. The van der Waals surface area contributed by atoms with E-state index in [1.807, 2.05) is 10.7 Å². The highest BCUT2D eigenvalue weighted by Crippen LogP contribution is 2.22. The van der Waals surface area contributed by atoms with Gasteiger partial charge in [-0.2, -0.15) is 5.10 Å². The number of aromatic nitrogens is 2. The van der Waals surface area contributed by atoms with Crippen LogP contribution in [0.2, 0.25) is 0 Å². The minimum Gasteiger partial charge on any atom is -0.383 e. The Kier molecular flexibility index (Phi) is 5.83. The number of nitrogens with one attached hydrogen (secondary N) is 1. The van der Waals surface area contributed by atoms with Crippen molar-refractivity contribution in [1.29, 1.82) is 0 Å². The number of fused-ring (bicyclic) bond motifs is 1. The van der Waals surface area contributed by atoms with Crippen molar-refractivity contribution < 1.29 is 9.53 Å². The fraction of sp³-hybridized carbons (Fsp3) is 0.474. The lowest BCUT2D eigenvalue weighted by molar-refractivity contribution is 0.0998. The third kappa shape index (κ3) is 4.46. The number of methoxy groups -OCH3 is 1. The summed E-state index contributed by atoms with van der Waals surface area (Å²) < 4.78 is 7.28. The zero-order chi connectivity index (χ0) is 17.6. The van der Waals surface area contributed by atoms with E-state index < -0.39 is 5.91 Å². The maximum absolute atomic E-state index is 11.5. The molecule has 0 unspecified atom stereocenters. The van der Waals surface area contributed by atoms with Gasteiger partial charge in [0.15, 0.2) is 0 Å². The number of nitrogens with two attached hydrogens (primary N) is 1. The molecule has 0 aliphatic carbocycles. The first-order chi connectivity index (χ1) is 12.2. The van der Waals surface area contributed by atoms with Gasteiger partial charge in [0, 0.05) is 19.7 Å². The molecule has 1 aliphatic rings. The summed E-state index contributed by atoms with van der Waals surface area (Å²) >= 11 is 0. The van der Waals surface area contributed by atoms with Crippen molar-refractivity contribution in [3.05, 3.63) is 53.3 Å². The van der Waals surface area contributed by atoms with Gasteiger partial charge in [-0.1, -0.05) is 30.3 Å². The number of aryl methyl sites for hydroxylation is 1. The Morgan fingerprint density at radius 1 is 1.44 bits per heavy atom. The van der Waals surface area contributed by atoms with Crippen LogP contribution in [0.1, 0.15) is 28.0 Å². The van der Waals surface area contributed by atoms with Crippen molar-refractivity contribution in [2.75, 3.05) is 20.3 Å². The fourth-order valence-electron chi connectivity index (χ4n) is 3.50. The topological polar surface area (TPSA) is 82.2 Å². The summed E-state index contributed by atoms with van der Waals surface area (Å²) in [5.41, 5.74) is 8.28. The van der Waals surface area contributed by atoms with Crippen molar-refractivity contribution in [2.24, 2.45) is 11.7 Å². The van der Waals surface area contributed by atoms with Gasteiger partial charge in [-0.05, 0) is 37.3 Å². The van der Waals surface area contributed by atoms with Crippen LogP contribution in [0.4, 0.5) is 0 Å². The maximum Gasteiger partial charge on any atom is 0.252 e. The van der Waals surface area contributed by atoms with Crippen LogP contribution in [0.25, 0.3) is 0 Å². The molecule has 6 nitrogen and oxygen atoms in total. The number of rotatable bonds is 8. The van der Waals surface area contributed by atoms with E-state index in [9.17, 15) is 4.79 Å². The number of nitrogens with zero attached hydrogens (tertiary/aromatic N) is 2. The number of amides is 1. The van der Waals surface area contributed by atoms with E-state index in [1.165, 1.54) is 5.56 Å². The van der Waals surface area contributed by atoms with E-state index in [0.29, 0.717) is 18.1 Å². The molecule has 0 radical (unpaired) electrons. The highest BCUT2D eigenvalue weighted by Gasteiger charge is 2.24. The van der Waals surface area contributed by atoms with Gasteiger partial charge in [0.25, 0.3) is 5.91 Å². The van der Waals surface area contributed by atoms with E-state index in [-0.39, 0.29) is 6.04 Å². The predicted octanol–water partition coefficient (Wildman–Crippen LogP) is 1.39.